The maximum absolute atomic E-state index is 14.9. The van der Waals surface area contributed by atoms with Gasteiger partial charge in [0.15, 0.2) is 23.1 Å². The Morgan fingerprint density at radius 1 is 0.706 bits per heavy atom. The van der Waals surface area contributed by atoms with E-state index in [2.05, 4.69) is 0 Å². The minimum Gasteiger partial charge on any atom is -0.504 e. The third kappa shape index (κ3) is 4.48. The van der Waals surface area contributed by atoms with Gasteiger partial charge in [0, 0.05) is 11.1 Å². The zero-order valence-corrected chi connectivity index (χ0v) is 19.2. The van der Waals surface area contributed by atoms with Crippen LogP contribution >= 0.6 is 0 Å². The molecular formula is C28H25FO5. The van der Waals surface area contributed by atoms with E-state index in [0.717, 1.165) is 11.1 Å². The molecule has 0 amide bonds. The Hall–Kier alpha value is -4.19. The number of hydrogen-bond acceptors (Lipinski definition) is 5. The topological polar surface area (TPSA) is 57.2 Å². The second-order valence-electron chi connectivity index (χ2n) is 7.50. The number of rotatable bonds is 8. The van der Waals surface area contributed by atoms with Gasteiger partial charge in [-0.2, -0.15) is 0 Å². The van der Waals surface area contributed by atoms with Gasteiger partial charge in [0.25, 0.3) is 0 Å². The highest BCUT2D eigenvalue weighted by Crippen LogP contribution is 2.51. The Morgan fingerprint density at radius 3 is 2.09 bits per heavy atom. The number of methoxy groups -OCH3 is 3. The molecule has 0 bridgehead atoms. The Morgan fingerprint density at radius 2 is 1.41 bits per heavy atom. The van der Waals surface area contributed by atoms with Crippen LogP contribution in [0.25, 0.3) is 22.3 Å². The summed E-state index contributed by atoms with van der Waals surface area (Å²) in [5.74, 6) is 0.592. The smallest absolute Gasteiger partial charge is 0.170 e. The molecule has 0 aromatic heterocycles. The molecule has 0 atom stereocenters. The first-order valence-electron chi connectivity index (χ1n) is 10.6. The van der Waals surface area contributed by atoms with Crippen molar-refractivity contribution in [3.63, 3.8) is 0 Å². The first kappa shape index (κ1) is 23.0. The van der Waals surface area contributed by atoms with Crippen LogP contribution in [0.2, 0.25) is 0 Å². The molecule has 4 rings (SSSR count). The van der Waals surface area contributed by atoms with Crippen molar-refractivity contribution < 1.29 is 28.4 Å². The highest BCUT2D eigenvalue weighted by molar-refractivity contribution is 5.89. The number of benzene rings is 4. The van der Waals surface area contributed by atoms with Crippen LogP contribution in [-0.2, 0) is 6.61 Å². The SMILES string of the molecule is COc1ccccc1-c1cc(OC)c(-c2ccc(OCc3ccccc3)c(F)c2)c(O)c1OC. The maximum Gasteiger partial charge on any atom is 0.170 e. The quantitative estimate of drug-likeness (QED) is 0.327. The number of para-hydroxylation sites is 1. The summed E-state index contributed by atoms with van der Waals surface area (Å²) < 4.78 is 37.2. The minimum atomic E-state index is -0.553. The Labute approximate surface area is 197 Å². The Kier molecular flexibility index (Phi) is 6.87. The Bertz CT molecular complexity index is 1290. The summed E-state index contributed by atoms with van der Waals surface area (Å²) in [4.78, 5) is 0. The maximum atomic E-state index is 14.9. The summed E-state index contributed by atoms with van der Waals surface area (Å²) in [5, 5.41) is 11.2. The lowest BCUT2D eigenvalue weighted by Crippen LogP contribution is -1.99. The van der Waals surface area contributed by atoms with Crippen molar-refractivity contribution in [3.8, 4) is 51.0 Å². The van der Waals surface area contributed by atoms with Gasteiger partial charge in [-0.15, -0.1) is 0 Å². The van der Waals surface area contributed by atoms with E-state index >= 15 is 0 Å². The van der Waals surface area contributed by atoms with Crippen molar-refractivity contribution in [2.45, 2.75) is 6.61 Å². The van der Waals surface area contributed by atoms with E-state index in [1.807, 2.05) is 54.6 Å². The highest BCUT2D eigenvalue weighted by atomic mass is 19.1. The van der Waals surface area contributed by atoms with E-state index in [1.165, 1.54) is 26.4 Å². The third-order valence-corrected chi connectivity index (χ3v) is 5.50. The predicted molar refractivity (Wildman–Crippen MR) is 129 cm³/mol. The van der Waals surface area contributed by atoms with Crippen LogP contribution in [-0.4, -0.2) is 26.4 Å². The molecule has 0 unspecified atom stereocenters. The van der Waals surface area contributed by atoms with Gasteiger partial charge in [-0.05, 0) is 35.4 Å². The molecule has 6 heteroatoms. The molecule has 0 aliphatic carbocycles. The molecular weight excluding hydrogens is 435 g/mol. The van der Waals surface area contributed by atoms with Crippen molar-refractivity contribution in [2.75, 3.05) is 21.3 Å². The van der Waals surface area contributed by atoms with Crippen molar-refractivity contribution in [3.05, 3.63) is 90.2 Å². The van der Waals surface area contributed by atoms with Gasteiger partial charge in [0.1, 0.15) is 18.1 Å². The van der Waals surface area contributed by atoms with Gasteiger partial charge < -0.3 is 24.1 Å². The van der Waals surface area contributed by atoms with Crippen LogP contribution in [0.4, 0.5) is 4.39 Å². The summed E-state index contributed by atoms with van der Waals surface area (Å²) in [5.41, 5.74) is 2.97. The molecule has 0 aliphatic rings. The van der Waals surface area contributed by atoms with Gasteiger partial charge in [0.05, 0.1) is 26.9 Å². The zero-order valence-electron chi connectivity index (χ0n) is 19.2. The average Bonchev–Trinajstić information content (AvgIpc) is 2.88. The fraction of sp³-hybridized carbons (Fsp3) is 0.143. The lowest BCUT2D eigenvalue weighted by atomic mass is 9.96. The van der Waals surface area contributed by atoms with Crippen LogP contribution in [0.3, 0.4) is 0 Å². The largest absolute Gasteiger partial charge is 0.504 e. The number of hydrogen-bond donors (Lipinski definition) is 1. The van der Waals surface area contributed by atoms with Crippen molar-refractivity contribution in [2.24, 2.45) is 0 Å². The van der Waals surface area contributed by atoms with Gasteiger partial charge in [0.2, 0.25) is 0 Å². The lowest BCUT2D eigenvalue weighted by Gasteiger charge is -2.19. The first-order valence-corrected chi connectivity index (χ1v) is 10.6. The normalized spacial score (nSPS) is 10.6. The van der Waals surface area contributed by atoms with Crippen LogP contribution in [0.15, 0.2) is 78.9 Å². The molecule has 5 nitrogen and oxygen atoms in total. The molecule has 1 N–H and O–H groups in total. The Balaban J connectivity index is 1.75. The number of ether oxygens (including phenoxy) is 4. The molecule has 0 spiro atoms. The molecule has 0 heterocycles. The number of phenols is 1. The van der Waals surface area contributed by atoms with Crippen LogP contribution < -0.4 is 18.9 Å². The fourth-order valence-electron chi connectivity index (χ4n) is 3.85. The van der Waals surface area contributed by atoms with Crippen LogP contribution in [0.5, 0.6) is 28.7 Å². The van der Waals surface area contributed by atoms with Gasteiger partial charge >= 0.3 is 0 Å². The molecule has 34 heavy (non-hydrogen) atoms. The second-order valence-corrected chi connectivity index (χ2v) is 7.50. The monoisotopic (exact) mass is 460 g/mol. The van der Waals surface area contributed by atoms with Crippen LogP contribution in [0, 0.1) is 5.82 Å². The minimum absolute atomic E-state index is 0.115. The molecule has 0 radical (unpaired) electrons. The lowest BCUT2D eigenvalue weighted by molar-refractivity contribution is 0.290. The van der Waals surface area contributed by atoms with Crippen LogP contribution in [0.1, 0.15) is 5.56 Å². The highest BCUT2D eigenvalue weighted by Gasteiger charge is 2.24. The fourth-order valence-corrected chi connectivity index (χ4v) is 3.85. The number of phenolic OH excluding ortho intramolecular Hbond substituents is 1. The van der Waals surface area contributed by atoms with E-state index in [-0.39, 0.29) is 23.9 Å². The molecule has 0 saturated carbocycles. The molecule has 4 aromatic carbocycles. The zero-order chi connectivity index (χ0) is 24.1. The van der Waals surface area contributed by atoms with E-state index < -0.39 is 5.82 Å². The van der Waals surface area contributed by atoms with Gasteiger partial charge in [-0.25, -0.2) is 4.39 Å². The summed E-state index contributed by atoms with van der Waals surface area (Å²) in [6, 6.07) is 23.2. The molecule has 0 aliphatic heterocycles. The molecule has 4 aromatic rings. The number of aromatic hydroxyl groups is 1. The van der Waals surface area contributed by atoms with E-state index in [1.54, 1.807) is 19.2 Å². The third-order valence-electron chi connectivity index (χ3n) is 5.50. The van der Waals surface area contributed by atoms with Crippen molar-refractivity contribution in [1.29, 1.82) is 0 Å². The van der Waals surface area contributed by atoms with Gasteiger partial charge in [-0.1, -0.05) is 54.6 Å². The molecule has 174 valence electrons. The summed E-state index contributed by atoms with van der Waals surface area (Å²) in [7, 11) is 4.52. The summed E-state index contributed by atoms with van der Waals surface area (Å²) in [6.07, 6.45) is 0. The van der Waals surface area contributed by atoms with Crippen molar-refractivity contribution >= 4 is 0 Å². The first-order chi connectivity index (χ1) is 16.6. The molecule has 0 fully saturated rings. The van der Waals surface area contributed by atoms with E-state index in [0.29, 0.717) is 28.2 Å². The predicted octanol–water partition coefficient (Wildman–Crippen LogP) is 6.47. The van der Waals surface area contributed by atoms with Crippen molar-refractivity contribution in [1.82, 2.24) is 0 Å². The number of halogens is 1. The summed E-state index contributed by atoms with van der Waals surface area (Å²) >= 11 is 0. The second kappa shape index (κ2) is 10.2. The van der Waals surface area contributed by atoms with E-state index in [4.69, 9.17) is 18.9 Å². The molecule has 0 saturated heterocycles. The summed E-state index contributed by atoms with van der Waals surface area (Å²) in [6.45, 7) is 0.243. The van der Waals surface area contributed by atoms with E-state index in [9.17, 15) is 9.50 Å². The average molecular weight is 461 g/mol. The standard InChI is InChI=1S/C28H25FO5/c1-31-23-12-8-7-11-20(23)21-16-25(32-2)26(27(30)28(21)33-3)19-13-14-24(22(29)15-19)34-17-18-9-5-4-6-10-18/h4-16,30H,17H2,1-3H3. The van der Waals surface area contributed by atoms with Gasteiger partial charge in [-0.3, -0.25) is 0 Å².